The fraction of sp³-hybridized carbons (Fsp3) is 0.231. The van der Waals surface area contributed by atoms with Crippen LogP contribution in [0.3, 0.4) is 0 Å². The summed E-state index contributed by atoms with van der Waals surface area (Å²) in [7, 11) is 3.15. The van der Waals surface area contributed by atoms with Gasteiger partial charge in [0.2, 0.25) is 5.88 Å². The lowest BCUT2D eigenvalue weighted by Gasteiger charge is -2.10. The normalized spacial score (nSPS) is 10.3. The molecule has 100 valence electrons. The molecule has 0 radical (unpaired) electrons. The van der Waals surface area contributed by atoms with Crippen LogP contribution in [0.1, 0.15) is 16.1 Å². The van der Waals surface area contributed by atoms with Crippen molar-refractivity contribution in [2.24, 2.45) is 7.05 Å². The molecule has 2 aromatic rings. The summed E-state index contributed by atoms with van der Waals surface area (Å²) in [5.74, 6) is 0.0678. The Kier molecular flexibility index (Phi) is 3.41. The first-order valence-corrected chi connectivity index (χ1v) is 5.62. The Morgan fingerprint density at radius 3 is 2.53 bits per heavy atom. The van der Waals surface area contributed by atoms with Gasteiger partial charge in [-0.25, -0.2) is 9.48 Å². The number of para-hydroxylation sites is 2. The summed E-state index contributed by atoms with van der Waals surface area (Å²) in [5, 5.41) is 13.3. The van der Waals surface area contributed by atoms with Crippen LogP contribution in [-0.2, 0) is 7.05 Å². The van der Waals surface area contributed by atoms with E-state index in [1.807, 2.05) is 0 Å². The van der Waals surface area contributed by atoms with Gasteiger partial charge in [-0.3, -0.25) is 0 Å². The van der Waals surface area contributed by atoms with Gasteiger partial charge < -0.3 is 14.6 Å². The van der Waals surface area contributed by atoms with Crippen molar-refractivity contribution in [2.45, 2.75) is 6.92 Å². The van der Waals surface area contributed by atoms with E-state index in [1.54, 1.807) is 38.2 Å². The van der Waals surface area contributed by atoms with Gasteiger partial charge in [-0.2, -0.15) is 5.10 Å². The van der Waals surface area contributed by atoms with Crippen molar-refractivity contribution in [3.63, 3.8) is 0 Å². The molecule has 0 bridgehead atoms. The van der Waals surface area contributed by atoms with E-state index in [0.717, 1.165) is 0 Å². The highest BCUT2D eigenvalue weighted by atomic mass is 16.5. The Labute approximate surface area is 110 Å². The first kappa shape index (κ1) is 12.9. The second-order valence-electron chi connectivity index (χ2n) is 3.95. The van der Waals surface area contributed by atoms with Crippen molar-refractivity contribution < 1.29 is 19.4 Å². The van der Waals surface area contributed by atoms with Gasteiger partial charge in [-0.05, 0) is 19.1 Å². The predicted molar refractivity (Wildman–Crippen MR) is 68.0 cm³/mol. The Bertz CT molecular complexity index is 619. The van der Waals surface area contributed by atoms with Crippen molar-refractivity contribution in [1.29, 1.82) is 0 Å². The van der Waals surface area contributed by atoms with Gasteiger partial charge in [0.15, 0.2) is 11.5 Å². The van der Waals surface area contributed by atoms with Crippen molar-refractivity contribution in [2.75, 3.05) is 7.11 Å². The molecule has 1 aromatic carbocycles. The summed E-state index contributed by atoms with van der Waals surface area (Å²) in [6, 6.07) is 7.02. The number of aromatic nitrogens is 2. The van der Waals surface area contributed by atoms with Gasteiger partial charge >= 0.3 is 5.97 Å². The summed E-state index contributed by atoms with van der Waals surface area (Å²) in [5.41, 5.74) is 0.452. The molecule has 0 aliphatic rings. The van der Waals surface area contributed by atoms with E-state index >= 15 is 0 Å². The second-order valence-corrected chi connectivity index (χ2v) is 3.95. The lowest BCUT2D eigenvalue weighted by molar-refractivity contribution is 0.0693. The average Bonchev–Trinajstić information content (AvgIpc) is 2.65. The molecule has 0 aliphatic heterocycles. The molecule has 0 fully saturated rings. The number of nitrogens with zero attached hydrogens (tertiary/aromatic N) is 2. The number of carboxylic acids is 1. The first-order valence-electron chi connectivity index (χ1n) is 5.62. The van der Waals surface area contributed by atoms with Crippen LogP contribution in [0, 0.1) is 6.92 Å². The minimum atomic E-state index is -1.07. The number of aryl methyl sites for hydroxylation is 2. The summed E-state index contributed by atoms with van der Waals surface area (Å²) < 4.78 is 12.2. The van der Waals surface area contributed by atoms with E-state index in [0.29, 0.717) is 17.2 Å². The molecule has 0 saturated carbocycles. The number of carboxylic acid groups (broad SMARTS) is 1. The second kappa shape index (κ2) is 5.01. The number of benzene rings is 1. The first-order chi connectivity index (χ1) is 9.04. The van der Waals surface area contributed by atoms with Crippen molar-refractivity contribution in [1.82, 2.24) is 9.78 Å². The van der Waals surface area contributed by atoms with Crippen LogP contribution in [0.15, 0.2) is 24.3 Å². The number of ether oxygens (including phenoxy) is 2. The third-order valence-corrected chi connectivity index (χ3v) is 2.66. The number of rotatable bonds is 4. The topological polar surface area (TPSA) is 73.6 Å². The fourth-order valence-electron chi connectivity index (χ4n) is 1.81. The van der Waals surface area contributed by atoms with E-state index in [9.17, 15) is 9.90 Å². The fourth-order valence-corrected chi connectivity index (χ4v) is 1.81. The molecular formula is C13H14N2O4. The van der Waals surface area contributed by atoms with E-state index in [2.05, 4.69) is 5.10 Å². The lowest BCUT2D eigenvalue weighted by Crippen LogP contribution is -2.02. The Hall–Kier alpha value is -2.50. The lowest BCUT2D eigenvalue weighted by atomic mass is 10.2. The zero-order valence-corrected chi connectivity index (χ0v) is 10.9. The molecule has 1 heterocycles. The number of carbonyl (C=O) groups is 1. The Morgan fingerprint density at radius 1 is 1.32 bits per heavy atom. The van der Waals surface area contributed by atoms with Crippen molar-refractivity contribution in [3.05, 3.63) is 35.5 Å². The van der Waals surface area contributed by atoms with E-state index in [4.69, 9.17) is 9.47 Å². The molecule has 2 rings (SSSR count). The van der Waals surface area contributed by atoms with Crippen LogP contribution in [-0.4, -0.2) is 28.0 Å². The maximum atomic E-state index is 11.2. The molecule has 0 unspecified atom stereocenters. The van der Waals surface area contributed by atoms with Gasteiger partial charge in [0.05, 0.1) is 12.8 Å². The molecule has 19 heavy (non-hydrogen) atoms. The molecule has 0 aliphatic carbocycles. The molecular weight excluding hydrogens is 248 g/mol. The monoisotopic (exact) mass is 262 g/mol. The van der Waals surface area contributed by atoms with Gasteiger partial charge in [-0.15, -0.1) is 0 Å². The predicted octanol–water partition coefficient (Wildman–Crippen LogP) is 2.23. The minimum Gasteiger partial charge on any atom is -0.493 e. The summed E-state index contributed by atoms with van der Waals surface area (Å²) >= 11 is 0. The molecule has 6 heteroatoms. The van der Waals surface area contributed by atoms with Crippen LogP contribution >= 0.6 is 0 Å². The number of methoxy groups -OCH3 is 1. The average molecular weight is 262 g/mol. The number of hydrogen-bond donors (Lipinski definition) is 1. The smallest absolute Gasteiger partial charge is 0.343 e. The van der Waals surface area contributed by atoms with Gasteiger partial charge in [0.1, 0.15) is 5.56 Å². The minimum absolute atomic E-state index is 0.0495. The summed E-state index contributed by atoms with van der Waals surface area (Å²) in [6.45, 7) is 1.62. The number of aromatic carboxylic acids is 1. The molecule has 0 amide bonds. The Morgan fingerprint density at radius 2 is 1.95 bits per heavy atom. The zero-order valence-electron chi connectivity index (χ0n) is 10.9. The molecule has 1 aromatic heterocycles. The molecule has 0 spiro atoms. The van der Waals surface area contributed by atoms with E-state index in [-0.39, 0.29) is 11.4 Å². The summed E-state index contributed by atoms with van der Waals surface area (Å²) in [6.07, 6.45) is 0. The molecule has 1 N–H and O–H groups in total. The molecule has 0 atom stereocenters. The van der Waals surface area contributed by atoms with Gasteiger partial charge in [0.25, 0.3) is 0 Å². The SMILES string of the molecule is COc1ccccc1Oc1c(C(=O)O)c(C)nn1C. The van der Waals surface area contributed by atoms with Crippen LogP contribution in [0.25, 0.3) is 0 Å². The van der Waals surface area contributed by atoms with Crippen molar-refractivity contribution in [3.8, 4) is 17.4 Å². The summed E-state index contributed by atoms with van der Waals surface area (Å²) in [4.78, 5) is 11.2. The van der Waals surface area contributed by atoms with E-state index < -0.39 is 5.97 Å². The van der Waals surface area contributed by atoms with Crippen LogP contribution < -0.4 is 9.47 Å². The third kappa shape index (κ3) is 2.37. The van der Waals surface area contributed by atoms with E-state index in [1.165, 1.54) is 11.8 Å². The highest BCUT2D eigenvalue weighted by molar-refractivity contribution is 5.91. The third-order valence-electron chi connectivity index (χ3n) is 2.66. The quantitative estimate of drug-likeness (QED) is 0.914. The maximum absolute atomic E-state index is 11.2. The van der Waals surface area contributed by atoms with Crippen LogP contribution in [0.4, 0.5) is 0 Å². The molecule has 6 nitrogen and oxygen atoms in total. The van der Waals surface area contributed by atoms with Crippen molar-refractivity contribution >= 4 is 5.97 Å². The standard InChI is InChI=1S/C13H14N2O4/c1-8-11(13(16)17)12(15(2)14-8)19-10-7-5-4-6-9(10)18-3/h4-7H,1-3H3,(H,16,17). The van der Waals surface area contributed by atoms with Crippen LogP contribution in [0.5, 0.6) is 17.4 Å². The zero-order chi connectivity index (χ0) is 14.0. The maximum Gasteiger partial charge on any atom is 0.343 e. The van der Waals surface area contributed by atoms with Gasteiger partial charge in [0, 0.05) is 7.05 Å². The Balaban J connectivity index is 2.46. The highest BCUT2D eigenvalue weighted by Gasteiger charge is 2.22. The van der Waals surface area contributed by atoms with Crippen LogP contribution in [0.2, 0.25) is 0 Å². The highest BCUT2D eigenvalue weighted by Crippen LogP contribution is 2.33. The van der Waals surface area contributed by atoms with Gasteiger partial charge in [-0.1, -0.05) is 12.1 Å². The number of hydrogen-bond acceptors (Lipinski definition) is 4. The molecule has 0 saturated heterocycles. The largest absolute Gasteiger partial charge is 0.493 e.